The molecule has 0 aliphatic heterocycles. The van der Waals surface area contributed by atoms with E-state index in [1.165, 1.54) is 167 Å². The smallest absolute Gasteiger partial charge is 0.306 e. The van der Waals surface area contributed by atoms with Crippen LogP contribution in [0.4, 0.5) is 0 Å². The van der Waals surface area contributed by atoms with Crippen molar-refractivity contribution in [1.29, 1.82) is 0 Å². The van der Waals surface area contributed by atoms with E-state index >= 15 is 0 Å². The molecular weight excluding hydrogens is 743 g/mol. The lowest BCUT2D eigenvalue weighted by Gasteiger charge is -2.24. The summed E-state index contributed by atoms with van der Waals surface area (Å²) in [7, 11) is 0. The zero-order chi connectivity index (χ0) is 43.8. The molecule has 3 unspecified atom stereocenters. The van der Waals surface area contributed by atoms with Gasteiger partial charge < -0.3 is 20.3 Å². The number of unbranched alkanes of at least 4 members (excludes halogenated alkanes) is 32. The van der Waals surface area contributed by atoms with Crippen molar-refractivity contribution in [2.45, 2.75) is 302 Å². The molecule has 3 N–H and O–H groups in total. The molecular formula is C54H103NO5. The summed E-state index contributed by atoms with van der Waals surface area (Å²) in [5.41, 5.74) is 0. The van der Waals surface area contributed by atoms with E-state index in [0.29, 0.717) is 19.3 Å². The van der Waals surface area contributed by atoms with Crippen molar-refractivity contribution in [2.75, 3.05) is 6.61 Å². The molecule has 0 rings (SSSR count). The summed E-state index contributed by atoms with van der Waals surface area (Å²) in [6.45, 7) is 6.48. The SMILES string of the molecule is CCCCCCCCC/C=C/CCCCCCCC(=O)OC(CCCCC/C=C/CCCCCCCCC)CC(=O)NC(CO)C(O)CCCCCCCCCCCCC. The fourth-order valence-corrected chi connectivity index (χ4v) is 8.19. The fraction of sp³-hybridized carbons (Fsp3) is 0.889. The van der Waals surface area contributed by atoms with Gasteiger partial charge in [0.25, 0.3) is 0 Å². The number of esters is 1. The van der Waals surface area contributed by atoms with Crippen LogP contribution in [0.1, 0.15) is 284 Å². The first kappa shape index (κ1) is 58.3. The van der Waals surface area contributed by atoms with Gasteiger partial charge in [0.15, 0.2) is 0 Å². The number of rotatable bonds is 48. The van der Waals surface area contributed by atoms with E-state index in [2.05, 4.69) is 50.4 Å². The number of carbonyl (C=O) groups is 2. The minimum absolute atomic E-state index is 0.0677. The molecule has 0 heterocycles. The van der Waals surface area contributed by atoms with Crippen LogP contribution < -0.4 is 5.32 Å². The molecule has 354 valence electrons. The highest BCUT2D eigenvalue weighted by molar-refractivity contribution is 5.77. The van der Waals surface area contributed by atoms with Crippen molar-refractivity contribution in [1.82, 2.24) is 5.32 Å². The average Bonchev–Trinajstić information content (AvgIpc) is 3.24. The molecule has 0 aromatic rings. The van der Waals surface area contributed by atoms with Gasteiger partial charge in [0.1, 0.15) is 6.10 Å². The van der Waals surface area contributed by atoms with E-state index in [-0.39, 0.29) is 24.9 Å². The highest BCUT2D eigenvalue weighted by Crippen LogP contribution is 2.18. The van der Waals surface area contributed by atoms with Gasteiger partial charge >= 0.3 is 5.97 Å². The molecule has 0 bridgehead atoms. The van der Waals surface area contributed by atoms with Gasteiger partial charge in [0, 0.05) is 6.42 Å². The van der Waals surface area contributed by atoms with Gasteiger partial charge in [-0.05, 0) is 77.0 Å². The number of ether oxygens (including phenoxy) is 1. The minimum atomic E-state index is -0.789. The van der Waals surface area contributed by atoms with Crippen molar-refractivity contribution in [3.05, 3.63) is 24.3 Å². The number of aliphatic hydroxyl groups is 2. The molecule has 0 saturated heterocycles. The van der Waals surface area contributed by atoms with Gasteiger partial charge in [-0.25, -0.2) is 0 Å². The van der Waals surface area contributed by atoms with Crippen LogP contribution >= 0.6 is 0 Å². The first-order valence-electron chi connectivity index (χ1n) is 26.6. The zero-order valence-corrected chi connectivity index (χ0v) is 40.4. The van der Waals surface area contributed by atoms with Crippen molar-refractivity contribution >= 4 is 11.9 Å². The van der Waals surface area contributed by atoms with Gasteiger partial charge in [-0.2, -0.15) is 0 Å². The van der Waals surface area contributed by atoms with Gasteiger partial charge in [-0.1, -0.05) is 218 Å². The molecule has 0 aliphatic carbocycles. The number of carbonyl (C=O) groups excluding carboxylic acids is 2. The first-order valence-corrected chi connectivity index (χ1v) is 26.6. The van der Waals surface area contributed by atoms with E-state index in [9.17, 15) is 19.8 Å². The third-order valence-corrected chi connectivity index (χ3v) is 12.3. The molecule has 0 aromatic carbocycles. The molecule has 60 heavy (non-hydrogen) atoms. The van der Waals surface area contributed by atoms with Crippen LogP contribution in [0.5, 0.6) is 0 Å². The summed E-state index contributed by atoms with van der Waals surface area (Å²) in [5.74, 6) is -0.487. The Morgan fingerprint density at radius 1 is 0.467 bits per heavy atom. The van der Waals surface area contributed by atoms with Crippen LogP contribution in [-0.2, 0) is 14.3 Å². The third-order valence-electron chi connectivity index (χ3n) is 12.3. The predicted molar refractivity (Wildman–Crippen MR) is 260 cm³/mol. The molecule has 0 aliphatic rings. The maximum atomic E-state index is 13.2. The monoisotopic (exact) mass is 846 g/mol. The van der Waals surface area contributed by atoms with Crippen molar-refractivity contribution in [3.63, 3.8) is 0 Å². The van der Waals surface area contributed by atoms with Crippen LogP contribution in [0.25, 0.3) is 0 Å². The topological polar surface area (TPSA) is 95.9 Å². The van der Waals surface area contributed by atoms with Crippen molar-refractivity contribution in [2.24, 2.45) is 0 Å². The predicted octanol–water partition coefficient (Wildman–Crippen LogP) is 15.9. The largest absolute Gasteiger partial charge is 0.462 e. The van der Waals surface area contributed by atoms with Crippen LogP contribution in [-0.4, -0.2) is 46.9 Å². The fourth-order valence-electron chi connectivity index (χ4n) is 8.19. The Hall–Kier alpha value is -1.66. The quantitative estimate of drug-likeness (QED) is 0.0322. The minimum Gasteiger partial charge on any atom is -0.462 e. The Bertz CT molecular complexity index is 950. The molecule has 0 saturated carbocycles. The number of hydrogen-bond acceptors (Lipinski definition) is 5. The first-order chi connectivity index (χ1) is 29.5. The Morgan fingerprint density at radius 2 is 0.800 bits per heavy atom. The second kappa shape index (κ2) is 48.4. The maximum Gasteiger partial charge on any atom is 0.306 e. The summed E-state index contributed by atoms with van der Waals surface area (Å²) in [5, 5.41) is 23.7. The summed E-state index contributed by atoms with van der Waals surface area (Å²) >= 11 is 0. The zero-order valence-electron chi connectivity index (χ0n) is 40.4. The number of allylic oxidation sites excluding steroid dienone is 4. The Balaban J connectivity index is 4.58. The summed E-state index contributed by atoms with van der Waals surface area (Å²) < 4.78 is 5.93. The van der Waals surface area contributed by atoms with Crippen molar-refractivity contribution < 1.29 is 24.5 Å². The van der Waals surface area contributed by atoms with Gasteiger partial charge in [-0.15, -0.1) is 0 Å². The Morgan fingerprint density at radius 3 is 1.20 bits per heavy atom. The summed E-state index contributed by atoms with van der Waals surface area (Å²) in [6.07, 6.45) is 55.2. The second-order valence-corrected chi connectivity index (χ2v) is 18.3. The standard InChI is InChI=1S/C54H103NO5/c1-4-7-10-13-16-19-22-24-26-27-29-32-35-38-41-44-47-54(59)60-50(45-42-39-36-33-31-28-25-23-20-17-14-11-8-5-2)48-53(58)55-51(49-56)52(57)46-43-40-37-34-30-21-18-15-12-9-6-3/h26-28,31,50-52,56-57H,4-25,29-30,32-49H2,1-3H3,(H,55,58)/b27-26+,31-28+. The highest BCUT2D eigenvalue weighted by atomic mass is 16.5. The molecule has 1 amide bonds. The van der Waals surface area contributed by atoms with E-state index in [4.69, 9.17) is 4.74 Å². The molecule has 0 spiro atoms. The highest BCUT2D eigenvalue weighted by Gasteiger charge is 2.24. The lowest BCUT2D eigenvalue weighted by Crippen LogP contribution is -2.46. The Kier molecular flexibility index (Phi) is 47.0. The molecule has 0 radical (unpaired) electrons. The normalized spacial score (nSPS) is 13.3. The number of aliphatic hydroxyl groups excluding tert-OH is 2. The number of amides is 1. The van der Waals surface area contributed by atoms with E-state index < -0.39 is 18.2 Å². The maximum absolute atomic E-state index is 13.2. The summed E-state index contributed by atoms with van der Waals surface area (Å²) in [4.78, 5) is 26.1. The Labute approximate surface area is 373 Å². The molecule has 6 heteroatoms. The third kappa shape index (κ3) is 43.0. The lowest BCUT2D eigenvalue weighted by molar-refractivity contribution is -0.151. The van der Waals surface area contributed by atoms with Crippen LogP contribution in [0.3, 0.4) is 0 Å². The van der Waals surface area contributed by atoms with Crippen LogP contribution in [0, 0.1) is 0 Å². The molecule has 0 fully saturated rings. The number of nitrogens with one attached hydrogen (secondary N) is 1. The molecule has 6 nitrogen and oxygen atoms in total. The van der Waals surface area contributed by atoms with Gasteiger partial charge in [0.05, 0.1) is 25.2 Å². The van der Waals surface area contributed by atoms with E-state index in [0.717, 1.165) is 70.6 Å². The van der Waals surface area contributed by atoms with Crippen molar-refractivity contribution in [3.8, 4) is 0 Å². The second-order valence-electron chi connectivity index (χ2n) is 18.3. The number of hydrogen-bond donors (Lipinski definition) is 3. The van der Waals surface area contributed by atoms with Gasteiger partial charge in [0.2, 0.25) is 5.91 Å². The summed E-state index contributed by atoms with van der Waals surface area (Å²) in [6, 6.07) is -0.703. The van der Waals surface area contributed by atoms with E-state index in [1.54, 1.807) is 0 Å². The average molecular weight is 846 g/mol. The van der Waals surface area contributed by atoms with Crippen LogP contribution in [0.2, 0.25) is 0 Å². The van der Waals surface area contributed by atoms with Crippen LogP contribution in [0.15, 0.2) is 24.3 Å². The lowest BCUT2D eigenvalue weighted by atomic mass is 10.0. The molecule has 0 aromatic heterocycles. The molecule has 3 atom stereocenters. The van der Waals surface area contributed by atoms with Gasteiger partial charge in [-0.3, -0.25) is 9.59 Å². The van der Waals surface area contributed by atoms with E-state index in [1.807, 2.05) is 0 Å².